The normalized spacial score (nSPS) is 22.2. The van der Waals surface area contributed by atoms with Crippen molar-refractivity contribution in [3.63, 3.8) is 0 Å². The van der Waals surface area contributed by atoms with Crippen molar-refractivity contribution in [1.82, 2.24) is 24.8 Å². The van der Waals surface area contributed by atoms with Gasteiger partial charge in [0.05, 0.1) is 11.7 Å². The first-order valence-corrected chi connectivity index (χ1v) is 12.7. The number of rotatable bonds is 5. The van der Waals surface area contributed by atoms with E-state index in [2.05, 4.69) is 14.9 Å². The summed E-state index contributed by atoms with van der Waals surface area (Å²) in [7, 11) is 0. The molecule has 3 aliphatic rings. The average Bonchev–Trinajstić information content (AvgIpc) is 2.85. The van der Waals surface area contributed by atoms with E-state index in [1.807, 2.05) is 29.4 Å². The van der Waals surface area contributed by atoms with Crippen molar-refractivity contribution in [3.05, 3.63) is 57.5 Å². The fraction of sp³-hybridized carbons (Fsp3) is 0.615. The molecule has 2 aromatic heterocycles. The topological polar surface area (TPSA) is 82.2 Å². The molecule has 2 aliphatic heterocycles. The third-order valence-corrected chi connectivity index (χ3v) is 7.65. The van der Waals surface area contributed by atoms with Gasteiger partial charge in [-0.25, -0.2) is 4.98 Å². The van der Waals surface area contributed by atoms with E-state index in [1.54, 1.807) is 0 Å². The van der Waals surface area contributed by atoms with Gasteiger partial charge in [-0.2, -0.15) is 0 Å². The Kier molecular flexibility index (Phi) is 6.85. The molecular weight excluding hydrogens is 414 g/mol. The van der Waals surface area contributed by atoms with Gasteiger partial charge in [0.15, 0.2) is 0 Å². The van der Waals surface area contributed by atoms with Crippen LogP contribution in [0.4, 0.5) is 0 Å². The smallest absolute Gasteiger partial charge is 0.254 e. The minimum absolute atomic E-state index is 0.0242. The van der Waals surface area contributed by atoms with Crippen molar-refractivity contribution in [2.75, 3.05) is 13.1 Å². The molecule has 7 heteroatoms. The Morgan fingerprint density at radius 3 is 2.64 bits per heavy atom. The molecule has 1 amide bonds. The number of amides is 1. The molecule has 1 N–H and O–H groups in total. The van der Waals surface area contributed by atoms with Crippen LogP contribution in [-0.2, 0) is 24.3 Å². The number of pyridine rings is 1. The molecule has 0 spiro atoms. The third-order valence-electron chi connectivity index (χ3n) is 7.65. The molecule has 0 bridgehead atoms. The first kappa shape index (κ1) is 22.3. The average molecular weight is 450 g/mol. The van der Waals surface area contributed by atoms with Gasteiger partial charge < -0.3 is 9.88 Å². The van der Waals surface area contributed by atoms with Crippen LogP contribution in [0.25, 0.3) is 0 Å². The molecular formula is C26H35N5O2. The molecule has 1 saturated carbocycles. The van der Waals surface area contributed by atoms with E-state index in [4.69, 9.17) is 4.98 Å². The quantitative estimate of drug-likeness (QED) is 0.752. The van der Waals surface area contributed by atoms with Crippen LogP contribution in [0.2, 0.25) is 0 Å². The summed E-state index contributed by atoms with van der Waals surface area (Å²) in [5.74, 6) is 1.44. The molecule has 1 aliphatic carbocycles. The number of nitrogens with one attached hydrogen (secondary N) is 1. The Morgan fingerprint density at radius 2 is 1.82 bits per heavy atom. The van der Waals surface area contributed by atoms with E-state index < -0.39 is 0 Å². The molecule has 1 atom stereocenters. The lowest BCUT2D eigenvalue weighted by atomic mass is 9.86. The number of carbonyl (C=O) groups excluding carboxylic acids is 1. The lowest BCUT2D eigenvalue weighted by Gasteiger charge is -2.37. The fourth-order valence-corrected chi connectivity index (χ4v) is 5.82. The number of carbonyl (C=O) groups is 1. The summed E-state index contributed by atoms with van der Waals surface area (Å²) < 4.78 is 0. The summed E-state index contributed by atoms with van der Waals surface area (Å²) in [6.07, 6.45) is 14.1. The van der Waals surface area contributed by atoms with Gasteiger partial charge in [-0.05, 0) is 62.1 Å². The van der Waals surface area contributed by atoms with Gasteiger partial charge in [-0.3, -0.25) is 19.5 Å². The predicted molar refractivity (Wildman–Crippen MR) is 126 cm³/mol. The summed E-state index contributed by atoms with van der Waals surface area (Å²) in [4.78, 5) is 42.7. The fourth-order valence-electron chi connectivity index (χ4n) is 5.82. The molecule has 1 saturated heterocycles. The van der Waals surface area contributed by atoms with Gasteiger partial charge in [0.25, 0.3) is 5.56 Å². The van der Waals surface area contributed by atoms with E-state index >= 15 is 0 Å². The molecule has 176 valence electrons. The molecule has 4 heterocycles. The van der Waals surface area contributed by atoms with Crippen molar-refractivity contribution in [3.8, 4) is 0 Å². The van der Waals surface area contributed by atoms with Gasteiger partial charge >= 0.3 is 0 Å². The zero-order valence-corrected chi connectivity index (χ0v) is 19.5. The second-order valence-electron chi connectivity index (χ2n) is 10.00. The van der Waals surface area contributed by atoms with Crippen molar-refractivity contribution < 1.29 is 4.79 Å². The molecule has 7 nitrogen and oxygen atoms in total. The zero-order valence-electron chi connectivity index (χ0n) is 19.5. The van der Waals surface area contributed by atoms with Gasteiger partial charge in [-0.15, -0.1) is 0 Å². The number of likely N-dealkylation sites (tertiary alicyclic amines) is 1. The number of aromatic amines is 1. The highest BCUT2D eigenvalue weighted by molar-refractivity contribution is 5.77. The number of nitrogens with zero attached hydrogens (tertiary/aromatic N) is 4. The highest BCUT2D eigenvalue weighted by Crippen LogP contribution is 2.33. The maximum Gasteiger partial charge on any atom is 0.254 e. The lowest BCUT2D eigenvalue weighted by molar-refractivity contribution is -0.136. The lowest BCUT2D eigenvalue weighted by Crippen LogP contribution is -2.42. The number of hydrogen-bond donors (Lipinski definition) is 1. The highest BCUT2D eigenvalue weighted by atomic mass is 16.2. The third kappa shape index (κ3) is 5.18. The Balaban J connectivity index is 1.33. The van der Waals surface area contributed by atoms with Crippen LogP contribution in [0.1, 0.15) is 86.5 Å². The number of H-pyrrole nitrogens is 1. The van der Waals surface area contributed by atoms with Gasteiger partial charge in [0, 0.05) is 50.6 Å². The van der Waals surface area contributed by atoms with Crippen LogP contribution in [0, 0.1) is 5.92 Å². The van der Waals surface area contributed by atoms with Crippen molar-refractivity contribution in [2.24, 2.45) is 5.92 Å². The zero-order chi connectivity index (χ0) is 22.6. The molecule has 0 unspecified atom stereocenters. The largest absolute Gasteiger partial charge is 0.333 e. The number of fused-ring (bicyclic) bond motifs is 1. The number of piperidine rings is 1. The van der Waals surface area contributed by atoms with E-state index in [0.29, 0.717) is 31.1 Å². The summed E-state index contributed by atoms with van der Waals surface area (Å²) in [6.45, 7) is 3.10. The maximum absolute atomic E-state index is 13.3. The standard InChI is InChI=1S/C26H35N5O2/c32-24(16-19-6-2-1-3-7-19)31-14-5-4-8-23(31)25-28-22-18-30(15-11-21(22)26(33)29-25)17-20-9-12-27-13-10-20/h9-10,12-13,19,23H,1-8,11,14-18H2,(H,28,29,33)/t23-/m1/s1. The highest BCUT2D eigenvalue weighted by Gasteiger charge is 2.32. The first-order chi connectivity index (χ1) is 16.2. The Bertz CT molecular complexity index is 1020. The minimum atomic E-state index is -0.108. The Labute approximate surface area is 195 Å². The second-order valence-corrected chi connectivity index (χ2v) is 10.00. The Hall–Kier alpha value is -2.54. The Morgan fingerprint density at radius 1 is 1.03 bits per heavy atom. The van der Waals surface area contributed by atoms with Gasteiger partial charge in [0.2, 0.25) is 5.91 Å². The van der Waals surface area contributed by atoms with Crippen LogP contribution in [0.15, 0.2) is 29.3 Å². The molecule has 2 fully saturated rings. The van der Waals surface area contributed by atoms with E-state index in [0.717, 1.165) is 50.2 Å². The molecule has 0 aromatic carbocycles. The van der Waals surface area contributed by atoms with Crippen molar-refractivity contribution >= 4 is 5.91 Å². The molecule has 2 aromatic rings. The van der Waals surface area contributed by atoms with Crippen molar-refractivity contribution in [1.29, 1.82) is 0 Å². The predicted octanol–water partition coefficient (Wildman–Crippen LogP) is 3.75. The monoisotopic (exact) mass is 449 g/mol. The van der Waals surface area contributed by atoms with Crippen LogP contribution in [-0.4, -0.2) is 43.7 Å². The summed E-state index contributed by atoms with van der Waals surface area (Å²) in [5.41, 5.74) is 2.87. The van der Waals surface area contributed by atoms with Crippen molar-refractivity contribution in [2.45, 2.75) is 83.3 Å². The minimum Gasteiger partial charge on any atom is -0.333 e. The molecule has 5 rings (SSSR count). The number of hydrogen-bond acceptors (Lipinski definition) is 5. The van der Waals surface area contributed by atoms with Gasteiger partial charge in [-0.1, -0.05) is 19.3 Å². The first-order valence-electron chi connectivity index (χ1n) is 12.7. The van der Waals surface area contributed by atoms with E-state index in [-0.39, 0.29) is 17.5 Å². The summed E-state index contributed by atoms with van der Waals surface area (Å²) in [6, 6.07) is 3.96. The number of aromatic nitrogens is 3. The van der Waals surface area contributed by atoms with Crippen LogP contribution in [0.3, 0.4) is 0 Å². The molecule has 0 radical (unpaired) electrons. The second kappa shape index (κ2) is 10.2. The van der Waals surface area contributed by atoms with E-state index in [1.165, 1.54) is 37.7 Å². The molecule has 33 heavy (non-hydrogen) atoms. The summed E-state index contributed by atoms with van der Waals surface area (Å²) in [5, 5.41) is 0. The van der Waals surface area contributed by atoms with Crippen LogP contribution >= 0.6 is 0 Å². The van der Waals surface area contributed by atoms with E-state index in [9.17, 15) is 9.59 Å². The van der Waals surface area contributed by atoms with Crippen LogP contribution < -0.4 is 5.56 Å². The SMILES string of the molecule is O=C(CC1CCCCC1)N1CCCC[C@@H]1c1nc2c(c(=O)[nH]1)CCN(Cc1ccncc1)C2. The van der Waals surface area contributed by atoms with Crippen LogP contribution in [0.5, 0.6) is 0 Å². The van der Waals surface area contributed by atoms with Gasteiger partial charge in [0.1, 0.15) is 5.82 Å². The summed E-state index contributed by atoms with van der Waals surface area (Å²) >= 11 is 0. The maximum atomic E-state index is 13.3.